The summed E-state index contributed by atoms with van der Waals surface area (Å²) in [5.41, 5.74) is 0.151. The molecule has 0 saturated carbocycles. The number of carbonyl (C=O) groups excluding carboxylic acids is 1. The highest BCUT2D eigenvalue weighted by Gasteiger charge is 2.15. The number of ketones is 1. The number of rotatable bonds is 7. The number of aromatic hydroxyl groups is 1. The molecule has 2 aromatic rings. The van der Waals surface area contributed by atoms with Gasteiger partial charge in [-0.25, -0.2) is 4.79 Å². The Hall–Kier alpha value is -2.10. The van der Waals surface area contributed by atoms with E-state index >= 15 is 0 Å². The van der Waals surface area contributed by atoms with E-state index in [1.165, 1.54) is 0 Å². The van der Waals surface area contributed by atoms with Gasteiger partial charge < -0.3 is 9.52 Å². The highest BCUT2D eigenvalue weighted by Crippen LogP contribution is 2.25. The normalized spacial score (nSPS) is 12.5. The molecule has 0 fully saturated rings. The van der Waals surface area contributed by atoms with Crippen LogP contribution in [-0.2, 0) is 0 Å². The fourth-order valence-corrected chi connectivity index (χ4v) is 2.64. The van der Waals surface area contributed by atoms with Crippen molar-refractivity contribution in [3.63, 3.8) is 0 Å². The number of fused-ring (bicyclic) bond motifs is 1. The van der Waals surface area contributed by atoms with Gasteiger partial charge in [-0.05, 0) is 18.1 Å². The van der Waals surface area contributed by atoms with E-state index in [1.54, 1.807) is 18.2 Å². The molecule has 0 saturated heterocycles. The van der Waals surface area contributed by atoms with E-state index < -0.39 is 5.63 Å². The summed E-state index contributed by atoms with van der Waals surface area (Å²) in [5, 5.41) is 10.2. The van der Waals surface area contributed by atoms with Gasteiger partial charge in [0.2, 0.25) is 0 Å². The van der Waals surface area contributed by atoms with Gasteiger partial charge in [0, 0.05) is 12.0 Å². The number of unbranched alkanes of at least 4 members (excludes halogenated alkanes) is 1. The van der Waals surface area contributed by atoms with Crippen LogP contribution < -0.4 is 5.63 Å². The highest BCUT2D eigenvalue weighted by atomic mass is 16.4. The van der Waals surface area contributed by atoms with Crippen molar-refractivity contribution in [1.82, 2.24) is 0 Å². The molecule has 118 valence electrons. The van der Waals surface area contributed by atoms with Gasteiger partial charge in [0.1, 0.15) is 11.3 Å². The van der Waals surface area contributed by atoms with Crippen molar-refractivity contribution in [1.29, 1.82) is 0 Å². The van der Waals surface area contributed by atoms with E-state index in [9.17, 15) is 14.7 Å². The molecule has 22 heavy (non-hydrogen) atoms. The van der Waals surface area contributed by atoms with Crippen LogP contribution >= 0.6 is 0 Å². The lowest BCUT2D eigenvalue weighted by atomic mass is 9.91. The first-order chi connectivity index (χ1) is 10.5. The topological polar surface area (TPSA) is 67.5 Å². The Morgan fingerprint density at radius 1 is 1.27 bits per heavy atom. The van der Waals surface area contributed by atoms with E-state index in [0.29, 0.717) is 23.3 Å². The van der Waals surface area contributed by atoms with E-state index in [2.05, 4.69) is 13.8 Å². The molecule has 0 aliphatic rings. The van der Waals surface area contributed by atoms with Crippen molar-refractivity contribution in [2.45, 2.75) is 46.0 Å². The molecular formula is C18H22O4. The number of Topliss-reactive ketones (excluding diaryl/α,β-unsaturated/α-hetero) is 1. The molecule has 0 spiro atoms. The van der Waals surface area contributed by atoms with E-state index in [1.807, 2.05) is 0 Å². The third kappa shape index (κ3) is 3.75. The second kappa shape index (κ2) is 7.25. The number of benzene rings is 1. The van der Waals surface area contributed by atoms with Gasteiger partial charge in [-0.2, -0.15) is 0 Å². The van der Waals surface area contributed by atoms with Gasteiger partial charge in [0.15, 0.2) is 5.78 Å². The number of hydrogen-bond donors (Lipinski definition) is 1. The lowest BCUT2D eigenvalue weighted by Crippen LogP contribution is -2.08. The van der Waals surface area contributed by atoms with Crippen LogP contribution in [0, 0.1) is 5.92 Å². The minimum atomic E-state index is -0.621. The Morgan fingerprint density at radius 3 is 2.73 bits per heavy atom. The summed E-state index contributed by atoms with van der Waals surface area (Å²) < 4.78 is 5.06. The Labute approximate surface area is 129 Å². The van der Waals surface area contributed by atoms with Crippen LogP contribution in [0.5, 0.6) is 5.75 Å². The van der Waals surface area contributed by atoms with Crippen LogP contribution in [0.2, 0.25) is 0 Å². The standard InChI is InChI=1S/C18H22O4/c1-3-5-6-12(4-2)9-15(19)13-7-8-14-16(20)11-18(21)22-17(14)10-13/h7-8,10-12,20H,3-6,9H2,1-2H3. The zero-order chi connectivity index (χ0) is 16.1. The predicted molar refractivity (Wildman–Crippen MR) is 86.4 cm³/mol. The van der Waals surface area contributed by atoms with Crippen molar-refractivity contribution in [2.75, 3.05) is 0 Å². The van der Waals surface area contributed by atoms with Crippen LogP contribution in [0.1, 0.15) is 56.3 Å². The molecular weight excluding hydrogens is 280 g/mol. The second-order valence-electron chi connectivity index (χ2n) is 5.71. The average molecular weight is 302 g/mol. The van der Waals surface area contributed by atoms with Crippen LogP contribution in [0.4, 0.5) is 0 Å². The van der Waals surface area contributed by atoms with Gasteiger partial charge in [-0.3, -0.25) is 4.79 Å². The first kappa shape index (κ1) is 16.3. The summed E-state index contributed by atoms with van der Waals surface area (Å²) >= 11 is 0. The van der Waals surface area contributed by atoms with Gasteiger partial charge in [-0.15, -0.1) is 0 Å². The second-order valence-corrected chi connectivity index (χ2v) is 5.71. The summed E-state index contributed by atoms with van der Waals surface area (Å²) in [6, 6.07) is 5.87. The van der Waals surface area contributed by atoms with Crippen molar-refractivity contribution in [3.05, 3.63) is 40.2 Å². The third-order valence-electron chi connectivity index (χ3n) is 4.06. The zero-order valence-electron chi connectivity index (χ0n) is 13.1. The Morgan fingerprint density at radius 2 is 2.05 bits per heavy atom. The van der Waals surface area contributed by atoms with Crippen molar-refractivity contribution < 1.29 is 14.3 Å². The molecule has 1 heterocycles. The van der Waals surface area contributed by atoms with Gasteiger partial charge in [0.25, 0.3) is 0 Å². The molecule has 4 nitrogen and oxygen atoms in total. The van der Waals surface area contributed by atoms with Crippen molar-refractivity contribution in [3.8, 4) is 5.75 Å². The predicted octanol–water partition coefficient (Wildman–Crippen LogP) is 4.29. The van der Waals surface area contributed by atoms with Crippen LogP contribution in [0.15, 0.2) is 33.5 Å². The minimum Gasteiger partial charge on any atom is -0.507 e. The van der Waals surface area contributed by atoms with Crippen LogP contribution in [-0.4, -0.2) is 10.9 Å². The maximum Gasteiger partial charge on any atom is 0.339 e. The monoisotopic (exact) mass is 302 g/mol. The van der Waals surface area contributed by atoms with Crippen molar-refractivity contribution in [2.24, 2.45) is 5.92 Å². The van der Waals surface area contributed by atoms with E-state index in [-0.39, 0.29) is 17.1 Å². The van der Waals surface area contributed by atoms with Crippen LogP contribution in [0.3, 0.4) is 0 Å². The Balaban J connectivity index is 2.23. The molecule has 4 heteroatoms. The molecule has 0 bridgehead atoms. The van der Waals surface area contributed by atoms with Crippen molar-refractivity contribution >= 4 is 16.8 Å². The molecule has 1 N–H and O–H groups in total. The first-order valence-electron chi connectivity index (χ1n) is 7.85. The lowest BCUT2D eigenvalue weighted by Gasteiger charge is -2.13. The third-order valence-corrected chi connectivity index (χ3v) is 4.06. The Bertz CT molecular complexity index is 715. The molecule has 0 aliphatic carbocycles. The molecule has 1 aromatic heterocycles. The van der Waals surface area contributed by atoms with Gasteiger partial charge >= 0.3 is 5.63 Å². The molecule has 2 rings (SSSR count). The van der Waals surface area contributed by atoms with Gasteiger partial charge in [-0.1, -0.05) is 45.6 Å². The van der Waals surface area contributed by atoms with Gasteiger partial charge in [0.05, 0.1) is 11.5 Å². The molecule has 1 atom stereocenters. The molecule has 0 amide bonds. The average Bonchev–Trinajstić information content (AvgIpc) is 2.50. The Kier molecular flexibility index (Phi) is 5.36. The zero-order valence-corrected chi connectivity index (χ0v) is 13.1. The smallest absolute Gasteiger partial charge is 0.339 e. The largest absolute Gasteiger partial charge is 0.507 e. The molecule has 0 aliphatic heterocycles. The first-order valence-corrected chi connectivity index (χ1v) is 7.85. The summed E-state index contributed by atoms with van der Waals surface area (Å²) in [4.78, 5) is 23.7. The molecule has 0 radical (unpaired) electrons. The quantitative estimate of drug-likeness (QED) is 0.612. The minimum absolute atomic E-state index is 0.0517. The maximum absolute atomic E-state index is 12.4. The lowest BCUT2D eigenvalue weighted by molar-refractivity contribution is 0.0957. The fourth-order valence-electron chi connectivity index (χ4n) is 2.64. The van der Waals surface area contributed by atoms with E-state index in [0.717, 1.165) is 31.7 Å². The highest BCUT2D eigenvalue weighted by molar-refractivity contribution is 5.99. The number of hydrogen-bond acceptors (Lipinski definition) is 4. The summed E-state index contributed by atoms with van der Waals surface area (Å²) in [5.74, 6) is 0.315. The fraction of sp³-hybridized carbons (Fsp3) is 0.444. The summed E-state index contributed by atoms with van der Waals surface area (Å²) in [7, 11) is 0. The van der Waals surface area contributed by atoms with Crippen LogP contribution in [0.25, 0.3) is 11.0 Å². The summed E-state index contributed by atoms with van der Waals surface area (Å²) in [6.07, 6.45) is 4.81. The maximum atomic E-state index is 12.4. The molecule has 1 aromatic carbocycles. The summed E-state index contributed by atoms with van der Waals surface area (Å²) in [6.45, 7) is 4.25. The SMILES string of the molecule is CCCCC(CC)CC(=O)c1ccc2c(O)cc(=O)oc2c1. The number of carbonyl (C=O) groups is 1. The van der Waals surface area contributed by atoms with E-state index in [4.69, 9.17) is 4.42 Å². The molecule has 1 unspecified atom stereocenters.